The first-order chi connectivity index (χ1) is 10.7. The van der Waals surface area contributed by atoms with Gasteiger partial charge in [-0.25, -0.2) is 15.4 Å². The van der Waals surface area contributed by atoms with E-state index in [9.17, 15) is 4.79 Å². The summed E-state index contributed by atoms with van der Waals surface area (Å²) in [5, 5.41) is 13.1. The highest BCUT2D eigenvalue weighted by molar-refractivity contribution is 6.30. The maximum atomic E-state index is 11.4. The zero-order valence-corrected chi connectivity index (χ0v) is 12.0. The third-order valence-electron chi connectivity index (χ3n) is 3.03. The third-order valence-corrected chi connectivity index (χ3v) is 3.26. The van der Waals surface area contributed by atoms with Crippen molar-refractivity contribution >= 4 is 40.0 Å². The number of hydrogen-bond donors (Lipinski definition) is 3. The number of benzene rings is 2. The molecule has 1 heterocycles. The highest BCUT2D eigenvalue weighted by Gasteiger charge is 2.07. The Morgan fingerprint density at radius 2 is 2.05 bits per heavy atom. The molecule has 0 spiro atoms. The van der Waals surface area contributed by atoms with E-state index in [0.29, 0.717) is 22.1 Å². The van der Waals surface area contributed by atoms with Crippen LogP contribution in [0.15, 0.2) is 48.7 Å². The molecule has 0 aliphatic rings. The molecule has 0 unspecified atom stereocenters. The van der Waals surface area contributed by atoms with Gasteiger partial charge in [-0.1, -0.05) is 23.7 Å². The first kappa shape index (κ1) is 14.2. The van der Waals surface area contributed by atoms with Gasteiger partial charge in [0.2, 0.25) is 5.95 Å². The van der Waals surface area contributed by atoms with Crippen molar-refractivity contribution in [2.75, 3.05) is 5.32 Å². The largest absolute Gasteiger partial charge is 0.324 e. The molecule has 110 valence electrons. The van der Waals surface area contributed by atoms with E-state index >= 15 is 0 Å². The molecule has 6 nitrogen and oxygen atoms in total. The van der Waals surface area contributed by atoms with E-state index in [2.05, 4.69) is 15.3 Å². The van der Waals surface area contributed by atoms with Crippen LogP contribution in [0.2, 0.25) is 5.02 Å². The van der Waals surface area contributed by atoms with Gasteiger partial charge in [-0.3, -0.25) is 10.0 Å². The highest BCUT2D eigenvalue weighted by atomic mass is 35.5. The standard InChI is InChI=1S/C15H11ClN4O2/c16-11-2-1-3-12(7-11)18-15-17-8-10-5-4-9(14(21)20-22)6-13(10)19-15/h1-8,22H,(H,20,21)(H,17,18,19). The van der Waals surface area contributed by atoms with Crippen molar-refractivity contribution in [1.29, 1.82) is 0 Å². The lowest BCUT2D eigenvalue weighted by Gasteiger charge is -2.06. The lowest BCUT2D eigenvalue weighted by Crippen LogP contribution is -2.18. The van der Waals surface area contributed by atoms with Gasteiger partial charge in [0.15, 0.2) is 0 Å². The van der Waals surface area contributed by atoms with Crippen molar-refractivity contribution in [2.24, 2.45) is 0 Å². The van der Waals surface area contributed by atoms with Crippen LogP contribution in [-0.2, 0) is 0 Å². The van der Waals surface area contributed by atoms with Crippen LogP contribution in [0.5, 0.6) is 0 Å². The Kier molecular flexibility index (Phi) is 3.86. The molecule has 3 N–H and O–H groups in total. The highest BCUT2D eigenvalue weighted by Crippen LogP contribution is 2.20. The number of hydrogen-bond acceptors (Lipinski definition) is 5. The molecule has 0 saturated carbocycles. The lowest BCUT2D eigenvalue weighted by atomic mass is 10.1. The Labute approximate surface area is 130 Å². The second-order valence-electron chi connectivity index (χ2n) is 4.54. The summed E-state index contributed by atoms with van der Waals surface area (Å²) < 4.78 is 0. The van der Waals surface area contributed by atoms with Crippen molar-refractivity contribution in [3.8, 4) is 0 Å². The number of nitrogens with zero attached hydrogens (tertiary/aromatic N) is 2. The number of amides is 1. The Bertz CT molecular complexity index is 854. The number of carbonyl (C=O) groups is 1. The van der Waals surface area contributed by atoms with Crippen LogP contribution in [0, 0.1) is 0 Å². The maximum Gasteiger partial charge on any atom is 0.274 e. The van der Waals surface area contributed by atoms with Gasteiger partial charge in [-0.15, -0.1) is 0 Å². The Balaban J connectivity index is 1.95. The summed E-state index contributed by atoms with van der Waals surface area (Å²) in [6.07, 6.45) is 1.65. The van der Waals surface area contributed by atoms with E-state index in [1.165, 1.54) is 0 Å². The summed E-state index contributed by atoms with van der Waals surface area (Å²) in [5.41, 5.74) is 3.25. The molecule has 1 aromatic heterocycles. The monoisotopic (exact) mass is 314 g/mol. The SMILES string of the molecule is O=C(NO)c1ccc2cnc(Nc3cccc(Cl)c3)nc2c1. The minimum atomic E-state index is -0.593. The number of carbonyl (C=O) groups excluding carboxylic acids is 1. The second-order valence-corrected chi connectivity index (χ2v) is 4.98. The van der Waals surface area contributed by atoms with Gasteiger partial charge in [-0.05, 0) is 30.3 Å². The molecule has 0 atom stereocenters. The second kappa shape index (κ2) is 5.97. The molecular weight excluding hydrogens is 304 g/mol. The molecule has 2 aromatic carbocycles. The topological polar surface area (TPSA) is 87.1 Å². The summed E-state index contributed by atoms with van der Waals surface area (Å²) in [6, 6.07) is 12.1. The minimum Gasteiger partial charge on any atom is -0.324 e. The average molecular weight is 315 g/mol. The summed E-state index contributed by atoms with van der Waals surface area (Å²) in [6.45, 7) is 0. The van der Waals surface area contributed by atoms with Crippen LogP contribution in [0.3, 0.4) is 0 Å². The van der Waals surface area contributed by atoms with Crippen molar-refractivity contribution in [3.05, 3.63) is 59.2 Å². The number of aromatic nitrogens is 2. The number of hydroxylamine groups is 1. The van der Waals surface area contributed by atoms with Crippen molar-refractivity contribution < 1.29 is 10.0 Å². The van der Waals surface area contributed by atoms with Gasteiger partial charge in [-0.2, -0.15) is 0 Å². The van der Waals surface area contributed by atoms with Crippen molar-refractivity contribution in [2.45, 2.75) is 0 Å². The average Bonchev–Trinajstić information content (AvgIpc) is 2.53. The zero-order chi connectivity index (χ0) is 15.5. The number of anilines is 2. The van der Waals surface area contributed by atoms with E-state index in [4.69, 9.17) is 16.8 Å². The maximum absolute atomic E-state index is 11.4. The lowest BCUT2D eigenvalue weighted by molar-refractivity contribution is 0.0706. The first-order valence-corrected chi connectivity index (χ1v) is 6.77. The molecule has 7 heteroatoms. The van der Waals surface area contributed by atoms with Gasteiger partial charge >= 0.3 is 0 Å². The Hall–Kier alpha value is -2.70. The van der Waals surface area contributed by atoms with E-state index < -0.39 is 5.91 Å². The van der Waals surface area contributed by atoms with Crippen LogP contribution >= 0.6 is 11.6 Å². The number of halogens is 1. The fourth-order valence-electron chi connectivity index (χ4n) is 1.98. The number of nitrogens with one attached hydrogen (secondary N) is 2. The van der Waals surface area contributed by atoms with Gasteiger partial charge in [0.1, 0.15) is 0 Å². The fraction of sp³-hybridized carbons (Fsp3) is 0. The van der Waals surface area contributed by atoms with E-state index in [1.807, 2.05) is 12.1 Å². The molecule has 1 amide bonds. The number of fused-ring (bicyclic) bond motifs is 1. The van der Waals surface area contributed by atoms with Crippen LogP contribution in [-0.4, -0.2) is 21.1 Å². The molecule has 0 fully saturated rings. The zero-order valence-electron chi connectivity index (χ0n) is 11.2. The molecule has 0 aliphatic carbocycles. The molecule has 3 rings (SSSR count). The van der Waals surface area contributed by atoms with Crippen LogP contribution < -0.4 is 10.8 Å². The first-order valence-electron chi connectivity index (χ1n) is 6.39. The van der Waals surface area contributed by atoms with E-state index in [0.717, 1.165) is 11.1 Å². The smallest absolute Gasteiger partial charge is 0.274 e. The van der Waals surface area contributed by atoms with Crippen LogP contribution in [0.25, 0.3) is 10.9 Å². The third kappa shape index (κ3) is 2.98. The Morgan fingerprint density at radius 1 is 1.18 bits per heavy atom. The van der Waals surface area contributed by atoms with Gasteiger partial charge < -0.3 is 5.32 Å². The minimum absolute atomic E-state index is 0.308. The van der Waals surface area contributed by atoms with E-state index in [1.54, 1.807) is 42.0 Å². The van der Waals surface area contributed by atoms with Gasteiger partial charge in [0, 0.05) is 27.9 Å². The predicted molar refractivity (Wildman–Crippen MR) is 83.5 cm³/mol. The molecule has 0 saturated heterocycles. The quantitative estimate of drug-likeness (QED) is 0.510. The fourth-order valence-corrected chi connectivity index (χ4v) is 2.17. The summed E-state index contributed by atoms with van der Waals surface area (Å²) >= 11 is 5.93. The van der Waals surface area contributed by atoms with Crippen LogP contribution in [0.1, 0.15) is 10.4 Å². The van der Waals surface area contributed by atoms with Crippen LogP contribution in [0.4, 0.5) is 11.6 Å². The molecule has 22 heavy (non-hydrogen) atoms. The molecule has 0 radical (unpaired) electrons. The molecule has 0 bridgehead atoms. The summed E-state index contributed by atoms with van der Waals surface area (Å²) in [5.74, 6) is -0.207. The summed E-state index contributed by atoms with van der Waals surface area (Å²) in [4.78, 5) is 20.0. The molecule has 0 aliphatic heterocycles. The molecule has 3 aromatic rings. The van der Waals surface area contributed by atoms with E-state index in [-0.39, 0.29) is 0 Å². The summed E-state index contributed by atoms with van der Waals surface area (Å²) in [7, 11) is 0. The van der Waals surface area contributed by atoms with Gasteiger partial charge in [0.25, 0.3) is 5.91 Å². The molecular formula is C15H11ClN4O2. The van der Waals surface area contributed by atoms with Crippen molar-refractivity contribution in [1.82, 2.24) is 15.4 Å². The Morgan fingerprint density at radius 3 is 2.82 bits per heavy atom. The number of rotatable bonds is 3. The van der Waals surface area contributed by atoms with Crippen molar-refractivity contribution in [3.63, 3.8) is 0 Å². The normalized spacial score (nSPS) is 10.5. The van der Waals surface area contributed by atoms with Gasteiger partial charge in [0.05, 0.1) is 5.52 Å². The predicted octanol–water partition coefficient (Wildman–Crippen LogP) is 3.15.